The zero-order chi connectivity index (χ0) is 20.6. The number of rotatable bonds is 5. The molecule has 1 heterocycles. The van der Waals surface area contributed by atoms with Gasteiger partial charge in [-0.15, -0.1) is 0 Å². The Balaban J connectivity index is 2.15. The van der Waals surface area contributed by atoms with Crippen molar-refractivity contribution >= 4 is 11.5 Å². The highest BCUT2D eigenvalue weighted by molar-refractivity contribution is 6.14. The van der Waals surface area contributed by atoms with Crippen molar-refractivity contribution in [3.63, 3.8) is 0 Å². The number of aryl methyl sites for hydroxylation is 4. The first-order valence-electron chi connectivity index (χ1n) is 8.51. The molecule has 2 aromatic carbocycles. The Bertz CT molecular complexity index is 1080. The summed E-state index contributed by atoms with van der Waals surface area (Å²) in [4.78, 5) is 24.1. The van der Waals surface area contributed by atoms with Crippen LogP contribution in [0, 0.1) is 30.9 Å². The molecule has 0 unspecified atom stereocenters. The lowest BCUT2D eigenvalue weighted by Gasteiger charge is -2.13. The maximum Gasteiger partial charge on any atom is 0.322 e. The van der Waals surface area contributed by atoms with E-state index in [-0.39, 0.29) is 28.5 Å². The Hall–Kier alpha value is -3.68. The fraction of sp³-hybridized carbons (Fsp3) is 0.200. The van der Waals surface area contributed by atoms with E-state index in [1.54, 1.807) is 6.92 Å². The molecule has 1 aromatic heterocycles. The Kier molecular flexibility index (Phi) is 4.87. The third-order valence-corrected chi connectivity index (χ3v) is 4.47. The molecule has 8 heteroatoms. The van der Waals surface area contributed by atoms with Gasteiger partial charge in [0.1, 0.15) is 16.9 Å². The molecule has 0 atom stereocenters. The number of carbonyl (C=O) groups excluding carboxylic acids is 1. The van der Waals surface area contributed by atoms with Gasteiger partial charge in [0.25, 0.3) is 0 Å². The average Bonchev–Trinajstić information content (AvgIpc) is 2.89. The molecule has 144 valence electrons. The van der Waals surface area contributed by atoms with E-state index >= 15 is 0 Å². The number of nitro groups is 1. The molecular weight excluding hydrogens is 362 g/mol. The van der Waals surface area contributed by atoms with Gasteiger partial charge in [0.05, 0.1) is 10.6 Å². The minimum atomic E-state index is -0.693. The van der Waals surface area contributed by atoms with Gasteiger partial charge in [-0.2, -0.15) is 5.10 Å². The van der Waals surface area contributed by atoms with Crippen LogP contribution >= 0.6 is 0 Å². The first-order valence-corrected chi connectivity index (χ1v) is 8.51. The number of ether oxygens (including phenoxy) is 1. The molecule has 0 saturated carbocycles. The minimum Gasteiger partial charge on any atom is -0.493 e. The van der Waals surface area contributed by atoms with Crippen LogP contribution in [0.4, 0.5) is 5.69 Å². The standard InChI is InChI=1S/C20H19N3O5/c1-11-7-5-8-12(2)19(11)28-15-10-6-9-14(17(15)23(26)27)18(24)16-13(3)21-22(4)20(16)25/h5-10,25H,1-4H3. The van der Waals surface area contributed by atoms with Gasteiger partial charge in [0.15, 0.2) is 0 Å². The highest BCUT2D eigenvalue weighted by Gasteiger charge is 2.31. The predicted molar refractivity (Wildman–Crippen MR) is 102 cm³/mol. The molecule has 0 fully saturated rings. The summed E-state index contributed by atoms with van der Waals surface area (Å²) in [6, 6.07) is 9.81. The Labute approximate surface area is 161 Å². The van der Waals surface area contributed by atoms with Gasteiger partial charge >= 0.3 is 5.69 Å². The summed E-state index contributed by atoms with van der Waals surface area (Å²) in [6.45, 7) is 5.22. The number of ketones is 1. The Morgan fingerprint density at radius 1 is 1.14 bits per heavy atom. The van der Waals surface area contributed by atoms with Gasteiger partial charge in [-0.05, 0) is 44.0 Å². The second-order valence-electron chi connectivity index (χ2n) is 6.47. The van der Waals surface area contributed by atoms with Crippen LogP contribution in [0.15, 0.2) is 36.4 Å². The smallest absolute Gasteiger partial charge is 0.322 e. The second kappa shape index (κ2) is 7.15. The molecule has 0 aliphatic heterocycles. The number of benzene rings is 2. The first-order chi connectivity index (χ1) is 13.2. The molecule has 0 saturated heterocycles. The van der Waals surface area contributed by atoms with Crippen LogP contribution < -0.4 is 4.74 Å². The van der Waals surface area contributed by atoms with E-state index in [0.29, 0.717) is 5.75 Å². The molecule has 0 spiro atoms. The largest absolute Gasteiger partial charge is 0.493 e. The number of aromatic hydroxyl groups is 1. The molecule has 1 N–H and O–H groups in total. The number of nitrogens with zero attached hydrogens (tertiary/aromatic N) is 3. The van der Waals surface area contributed by atoms with Crippen molar-refractivity contribution in [3.8, 4) is 17.4 Å². The zero-order valence-electron chi connectivity index (χ0n) is 15.9. The topological polar surface area (TPSA) is 107 Å². The van der Waals surface area contributed by atoms with Gasteiger partial charge in [0.2, 0.25) is 17.4 Å². The monoisotopic (exact) mass is 381 g/mol. The molecule has 8 nitrogen and oxygen atoms in total. The van der Waals surface area contributed by atoms with E-state index in [0.717, 1.165) is 15.8 Å². The van der Waals surface area contributed by atoms with Gasteiger partial charge < -0.3 is 9.84 Å². The minimum absolute atomic E-state index is 0.0470. The summed E-state index contributed by atoms with van der Waals surface area (Å²) in [5.41, 5.74) is 1.19. The third kappa shape index (κ3) is 3.20. The number of hydrogen-bond donors (Lipinski definition) is 1. The van der Waals surface area contributed by atoms with E-state index in [2.05, 4.69) is 5.10 Å². The highest BCUT2D eigenvalue weighted by atomic mass is 16.6. The summed E-state index contributed by atoms with van der Waals surface area (Å²) in [5.74, 6) is -0.593. The summed E-state index contributed by atoms with van der Waals surface area (Å²) < 4.78 is 6.99. The molecule has 0 bridgehead atoms. The van der Waals surface area contributed by atoms with E-state index in [1.807, 2.05) is 32.0 Å². The number of carbonyl (C=O) groups is 1. The molecule has 0 radical (unpaired) electrons. The average molecular weight is 381 g/mol. The summed E-state index contributed by atoms with van der Waals surface area (Å²) in [7, 11) is 1.48. The van der Waals surface area contributed by atoms with Gasteiger partial charge in [0, 0.05) is 7.05 Å². The first kappa shape index (κ1) is 19.1. The number of hydrogen-bond acceptors (Lipinski definition) is 6. The van der Waals surface area contributed by atoms with E-state index in [9.17, 15) is 20.0 Å². The molecule has 28 heavy (non-hydrogen) atoms. The fourth-order valence-corrected chi connectivity index (χ4v) is 3.09. The molecular formula is C20H19N3O5. The van der Waals surface area contributed by atoms with Crippen LogP contribution in [0.3, 0.4) is 0 Å². The van der Waals surface area contributed by atoms with Gasteiger partial charge in [-0.1, -0.05) is 24.3 Å². The maximum atomic E-state index is 13.0. The Morgan fingerprint density at radius 3 is 2.29 bits per heavy atom. The summed E-state index contributed by atoms with van der Waals surface area (Å²) >= 11 is 0. The van der Waals surface area contributed by atoms with Crippen molar-refractivity contribution < 1.29 is 19.6 Å². The lowest BCUT2D eigenvalue weighted by atomic mass is 10.0. The molecule has 3 rings (SSSR count). The summed E-state index contributed by atoms with van der Waals surface area (Å²) in [5, 5.41) is 25.9. The van der Waals surface area contributed by atoms with Gasteiger partial charge in [-0.25, -0.2) is 4.68 Å². The normalized spacial score (nSPS) is 10.7. The number of aromatic nitrogens is 2. The lowest BCUT2D eigenvalue weighted by molar-refractivity contribution is -0.385. The van der Waals surface area contributed by atoms with E-state index in [4.69, 9.17) is 4.74 Å². The lowest BCUT2D eigenvalue weighted by Crippen LogP contribution is -2.08. The van der Waals surface area contributed by atoms with Crippen LogP contribution in [0.1, 0.15) is 32.7 Å². The van der Waals surface area contributed by atoms with Crippen molar-refractivity contribution in [3.05, 3.63) is 74.5 Å². The number of para-hydroxylation sites is 2. The van der Waals surface area contributed by atoms with Crippen LogP contribution in [0.25, 0.3) is 0 Å². The Morgan fingerprint density at radius 2 is 1.75 bits per heavy atom. The van der Waals surface area contributed by atoms with Crippen LogP contribution in [-0.2, 0) is 7.05 Å². The molecule has 0 amide bonds. The van der Waals surface area contributed by atoms with Crippen molar-refractivity contribution in [1.29, 1.82) is 0 Å². The SMILES string of the molecule is Cc1cccc(C)c1Oc1cccc(C(=O)c2c(C)nn(C)c2O)c1[N+](=O)[O-]. The van der Waals surface area contributed by atoms with Crippen LogP contribution in [0.2, 0.25) is 0 Å². The molecule has 3 aromatic rings. The van der Waals surface area contributed by atoms with Crippen molar-refractivity contribution in [2.24, 2.45) is 7.05 Å². The zero-order valence-corrected chi connectivity index (χ0v) is 15.9. The summed E-state index contributed by atoms with van der Waals surface area (Å²) in [6.07, 6.45) is 0. The van der Waals surface area contributed by atoms with Crippen molar-refractivity contribution in [1.82, 2.24) is 9.78 Å². The van der Waals surface area contributed by atoms with Crippen LogP contribution in [-0.4, -0.2) is 25.6 Å². The quantitative estimate of drug-likeness (QED) is 0.407. The van der Waals surface area contributed by atoms with Crippen molar-refractivity contribution in [2.45, 2.75) is 20.8 Å². The number of nitro benzene ring substituents is 1. The maximum absolute atomic E-state index is 13.0. The van der Waals surface area contributed by atoms with Crippen molar-refractivity contribution in [2.75, 3.05) is 0 Å². The fourth-order valence-electron chi connectivity index (χ4n) is 3.09. The molecule has 0 aliphatic rings. The van der Waals surface area contributed by atoms with Crippen LogP contribution in [0.5, 0.6) is 17.4 Å². The predicted octanol–water partition coefficient (Wildman–Crippen LogP) is 3.98. The van der Waals surface area contributed by atoms with Gasteiger partial charge in [-0.3, -0.25) is 14.9 Å². The van der Waals surface area contributed by atoms with E-state index < -0.39 is 16.4 Å². The second-order valence-corrected chi connectivity index (χ2v) is 6.47. The van der Waals surface area contributed by atoms with E-state index in [1.165, 1.54) is 25.2 Å². The highest BCUT2D eigenvalue weighted by Crippen LogP contribution is 2.38. The molecule has 0 aliphatic carbocycles. The third-order valence-electron chi connectivity index (χ3n) is 4.47.